The summed E-state index contributed by atoms with van der Waals surface area (Å²) in [7, 11) is -1.97. The Morgan fingerprint density at radius 3 is 2.88 bits per heavy atom. The van der Waals surface area contributed by atoms with Gasteiger partial charge >= 0.3 is 5.69 Å². The maximum Gasteiger partial charge on any atom is 0.323 e. The third-order valence-corrected chi connectivity index (χ3v) is 5.97. The van der Waals surface area contributed by atoms with Gasteiger partial charge in [-0.15, -0.1) is 0 Å². The Morgan fingerprint density at radius 1 is 1.31 bits per heavy atom. The molecule has 0 spiro atoms. The third kappa shape index (κ3) is 3.18. The number of rotatable bonds is 4. The normalized spacial score (nSPS) is 21.3. The lowest BCUT2D eigenvalue weighted by Gasteiger charge is -2.31. The summed E-state index contributed by atoms with van der Waals surface area (Å²) in [5, 5.41) is 4.14. The zero-order chi connectivity index (χ0) is 18.3. The molecule has 1 aromatic carbocycles. The van der Waals surface area contributed by atoms with Gasteiger partial charge in [-0.3, -0.25) is 4.68 Å². The summed E-state index contributed by atoms with van der Waals surface area (Å²) in [5.41, 5.74) is 1.47. The first-order valence-corrected chi connectivity index (χ1v) is 9.75. The fourth-order valence-corrected chi connectivity index (χ4v) is 4.56. The van der Waals surface area contributed by atoms with E-state index in [0.29, 0.717) is 24.1 Å². The number of hydrogen-bond acceptors (Lipinski definition) is 5. The zero-order valence-electron chi connectivity index (χ0n) is 14.1. The van der Waals surface area contributed by atoms with Crippen molar-refractivity contribution in [3.05, 3.63) is 46.6 Å². The van der Waals surface area contributed by atoms with Crippen molar-refractivity contribution < 1.29 is 13.2 Å². The van der Waals surface area contributed by atoms with Crippen LogP contribution in [0.1, 0.15) is 24.5 Å². The molecular formula is C16H19N5O4S. The fraction of sp³-hybridized carbons (Fsp3) is 0.375. The van der Waals surface area contributed by atoms with Crippen LogP contribution in [0.2, 0.25) is 0 Å². The molecule has 1 aliphatic rings. The van der Waals surface area contributed by atoms with Crippen LogP contribution in [0.5, 0.6) is 0 Å². The first-order chi connectivity index (χ1) is 12.4. The van der Waals surface area contributed by atoms with Crippen molar-refractivity contribution in [1.82, 2.24) is 24.5 Å². The van der Waals surface area contributed by atoms with Crippen molar-refractivity contribution in [2.24, 2.45) is 7.05 Å². The van der Waals surface area contributed by atoms with E-state index in [9.17, 15) is 13.2 Å². The van der Waals surface area contributed by atoms with Gasteiger partial charge in [0.2, 0.25) is 10.0 Å². The van der Waals surface area contributed by atoms with Crippen molar-refractivity contribution in [2.75, 3.05) is 6.61 Å². The Balaban J connectivity index is 1.63. The molecule has 2 aromatic heterocycles. The molecule has 0 saturated carbocycles. The Bertz CT molecular complexity index is 1100. The average molecular weight is 377 g/mol. The predicted octanol–water partition coefficient (Wildman–Crippen LogP) is 0.788. The van der Waals surface area contributed by atoms with Gasteiger partial charge < -0.3 is 14.7 Å². The molecule has 2 atom stereocenters. The average Bonchev–Trinajstić information content (AvgIpc) is 3.18. The first-order valence-electron chi connectivity index (χ1n) is 8.27. The topological polar surface area (TPSA) is 122 Å². The predicted molar refractivity (Wildman–Crippen MR) is 94.2 cm³/mol. The minimum absolute atomic E-state index is 0.0933. The number of ether oxygens (including phenoxy) is 1. The lowest BCUT2D eigenvalue weighted by Crippen LogP contribution is -2.42. The standard InChI is InChI=1S/C16H19N5O4S/c1-21-9-10(8-17-21)15-13(3-2-6-25-15)20-26(23,24)11-4-5-12-14(7-11)19-16(22)18-12/h4-5,7-9,13,15,20H,2-3,6H2,1H3,(H2,18,19,22)/t13-,15+/m0/s1. The number of imidazole rings is 1. The van der Waals surface area contributed by atoms with Crippen molar-refractivity contribution in [1.29, 1.82) is 0 Å². The number of sulfonamides is 1. The molecule has 4 rings (SSSR count). The van der Waals surface area contributed by atoms with Crippen LogP contribution in [0.4, 0.5) is 0 Å². The van der Waals surface area contributed by atoms with Crippen molar-refractivity contribution in [3.8, 4) is 0 Å². The SMILES string of the molecule is Cn1cc([C@H]2OCCC[C@@H]2NS(=O)(=O)c2ccc3[nH]c(=O)[nH]c3c2)cn1. The monoisotopic (exact) mass is 377 g/mol. The number of aromatic nitrogens is 4. The van der Waals surface area contributed by atoms with E-state index in [-0.39, 0.29) is 22.7 Å². The van der Waals surface area contributed by atoms with Crippen molar-refractivity contribution in [2.45, 2.75) is 29.9 Å². The van der Waals surface area contributed by atoms with Crippen molar-refractivity contribution in [3.63, 3.8) is 0 Å². The summed E-state index contributed by atoms with van der Waals surface area (Å²) in [6.07, 6.45) is 4.57. The number of H-pyrrole nitrogens is 2. The molecule has 10 heteroatoms. The number of nitrogens with one attached hydrogen (secondary N) is 3. The second-order valence-corrected chi connectivity index (χ2v) is 8.11. The molecular weight excluding hydrogens is 358 g/mol. The van der Waals surface area contributed by atoms with Gasteiger partial charge in [0.1, 0.15) is 6.10 Å². The summed E-state index contributed by atoms with van der Waals surface area (Å²) in [6, 6.07) is 4.09. The van der Waals surface area contributed by atoms with Crippen molar-refractivity contribution >= 4 is 21.1 Å². The number of aromatic amines is 2. The van der Waals surface area contributed by atoms with Crippen LogP contribution in [0, 0.1) is 0 Å². The molecule has 138 valence electrons. The highest BCUT2D eigenvalue weighted by atomic mass is 32.2. The quantitative estimate of drug-likeness (QED) is 0.620. The number of hydrogen-bond donors (Lipinski definition) is 3. The first kappa shape index (κ1) is 17.0. The molecule has 0 bridgehead atoms. The lowest BCUT2D eigenvalue weighted by atomic mass is 9.99. The Labute approximate surface area is 149 Å². The van der Waals surface area contributed by atoms with Crippen LogP contribution < -0.4 is 10.4 Å². The van der Waals surface area contributed by atoms with Gasteiger partial charge in [-0.25, -0.2) is 17.9 Å². The largest absolute Gasteiger partial charge is 0.372 e. The van der Waals surface area contributed by atoms with E-state index in [0.717, 1.165) is 12.0 Å². The maximum atomic E-state index is 12.8. The van der Waals surface area contributed by atoms with Gasteiger partial charge in [0, 0.05) is 25.4 Å². The minimum atomic E-state index is -3.77. The van der Waals surface area contributed by atoms with Crippen LogP contribution in [0.25, 0.3) is 11.0 Å². The molecule has 9 nitrogen and oxygen atoms in total. The van der Waals surface area contributed by atoms with Crippen LogP contribution in [0.3, 0.4) is 0 Å². The highest BCUT2D eigenvalue weighted by Crippen LogP contribution is 2.29. The van der Waals surface area contributed by atoms with E-state index in [1.165, 1.54) is 12.1 Å². The van der Waals surface area contributed by atoms with Gasteiger partial charge in [0.05, 0.1) is 28.2 Å². The van der Waals surface area contributed by atoms with Crippen LogP contribution in [-0.4, -0.2) is 40.8 Å². The highest BCUT2D eigenvalue weighted by molar-refractivity contribution is 7.89. The molecule has 1 fully saturated rings. The Kier molecular flexibility index (Phi) is 4.17. The van der Waals surface area contributed by atoms with E-state index in [2.05, 4.69) is 19.8 Å². The van der Waals surface area contributed by atoms with Crippen LogP contribution in [-0.2, 0) is 21.8 Å². The van der Waals surface area contributed by atoms with E-state index in [1.807, 2.05) is 6.20 Å². The summed E-state index contributed by atoms with van der Waals surface area (Å²) in [5.74, 6) is 0. The molecule has 1 saturated heterocycles. The van der Waals surface area contributed by atoms with Gasteiger partial charge in [-0.2, -0.15) is 5.10 Å². The Hall–Kier alpha value is -2.43. The lowest BCUT2D eigenvalue weighted by molar-refractivity contribution is -0.00446. The second-order valence-electron chi connectivity index (χ2n) is 6.40. The fourth-order valence-electron chi connectivity index (χ4n) is 3.26. The molecule has 3 N–H and O–H groups in total. The van der Waals surface area contributed by atoms with Gasteiger partial charge in [-0.05, 0) is 31.0 Å². The smallest absolute Gasteiger partial charge is 0.323 e. The molecule has 3 aromatic rings. The molecule has 26 heavy (non-hydrogen) atoms. The van der Waals surface area contributed by atoms with E-state index in [4.69, 9.17) is 4.74 Å². The molecule has 0 aliphatic carbocycles. The van der Waals surface area contributed by atoms with Crippen LogP contribution >= 0.6 is 0 Å². The highest BCUT2D eigenvalue weighted by Gasteiger charge is 2.32. The molecule has 1 aliphatic heterocycles. The number of fused-ring (bicyclic) bond motifs is 1. The summed E-state index contributed by atoms with van der Waals surface area (Å²) in [4.78, 5) is 16.6. The number of nitrogens with zero attached hydrogens (tertiary/aromatic N) is 2. The molecule has 3 heterocycles. The molecule has 0 amide bonds. The van der Waals surface area contributed by atoms with Crippen LogP contribution in [0.15, 0.2) is 40.3 Å². The number of benzene rings is 1. The molecule has 0 unspecified atom stereocenters. The van der Waals surface area contributed by atoms with E-state index < -0.39 is 10.0 Å². The minimum Gasteiger partial charge on any atom is -0.372 e. The maximum absolute atomic E-state index is 12.8. The van der Waals surface area contributed by atoms with Gasteiger partial charge in [0.25, 0.3) is 0 Å². The van der Waals surface area contributed by atoms with Gasteiger partial charge in [-0.1, -0.05) is 0 Å². The zero-order valence-corrected chi connectivity index (χ0v) is 14.9. The van der Waals surface area contributed by atoms with Gasteiger partial charge in [0.15, 0.2) is 0 Å². The number of aryl methyl sites for hydroxylation is 1. The summed E-state index contributed by atoms with van der Waals surface area (Å²) >= 11 is 0. The van der Waals surface area contributed by atoms with E-state index in [1.54, 1.807) is 24.0 Å². The second kappa shape index (κ2) is 6.38. The molecule has 0 radical (unpaired) electrons. The third-order valence-electron chi connectivity index (χ3n) is 4.48. The van der Waals surface area contributed by atoms with E-state index >= 15 is 0 Å². The Morgan fingerprint density at radius 2 is 2.12 bits per heavy atom. The summed E-state index contributed by atoms with van der Waals surface area (Å²) in [6.45, 7) is 0.578. The summed E-state index contributed by atoms with van der Waals surface area (Å²) < 4.78 is 35.9.